The number of amides is 4. The Morgan fingerprint density at radius 3 is 2.50 bits per heavy atom. The van der Waals surface area contributed by atoms with Gasteiger partial charge in [0.2, 0.25) is 0 Å². The Morgan fingerprint density at radius 1 is 1.06 bits per heavy atom. The number of nitrogens with one attached hydrogen (secondary N) is 1. The smallest absolute Gasteiger partial charge is 0.335 e. The second kappa shape index (κ2) is 9.91. The van der Waals surface area contributed by atoms with E-state index in [2.05, 4.69) is 27.3 Å². The van der Waals surface area contributed by atoms with Crippen molar-refractivity contribution in [2.24, 2.45) is 0 Å². The van der Waals surface area contributed by atoms with Gasteiger partial charge in [0.1, 0.15) is 17.9 Å². The molecule has 3 aromatic carbocycles. The maximum atomic E-state index is 13.0. The molecule has 4 amide bonds. The number of nitrogens with zero attached hydrogens (tertiary/aromatic N) is 2. The highest BCUT2D eigenvalue weighted by Crippen LogP contribution is 2.29. The molecule has 0 aliphatic carbocycles. The molecule has 0 unspecified atom stereocenters. The Kier molecular flexibility index (Phi) is 6.77. The van der Waals surface area contributed by atoms with E-state index in [1.807, 2.05) is 12.1 Å². The molecular formula is C25H15BrClN3O4. The standard InChI is InChI=1S/C25H15BrClN3O4/c26-21-12-15(5-10-22(21)34-14-17-4-2-1-3-16(17)13-28)11-20-23(31)29-25(33)30(24(20)32)19-8-6-18(27)7-9-19/h1-12H,14H2,(H,29,31,33). The van der Waals surface area contributed by atoms with Gasteiger partial charge in [-0.2, -0.15) is 5.26 Å². The molecule has 9 heteroatoms. The van der Waals surface area contributed by atoms with Crippen LogP contribution in [0.1, 0.15) is 16.7 Å². The number of benzene rings is 3. The van der Waals surface area contributed by atoms with Crippen molar-refractivity contribution < 1.29 is 19.1 Å². The van der Waals surface area contributed by atoms with Crippen LogP contribution in [-0.2, 0) is 16.2 Å². The number of ether oxygens (including phenoxy) is 1. The Morgan fingerprint density at radius 2 is 1.79 bits per heavy atom. The molecule has 34 heavy (non-hydrogen) atoms. The van der Waals surface area contributed by atoms with Crippen LogP contribution in [0.25, 0.3) is 6.08 Å². The van der Waals surface area contributed by atoms with Crippen LogP contribution in [0.3, 0.4) is 0 Å². The molecule has 1 N–H and O–H groups in total. The van der Waals surface area contributed by atoms with Crippen LogP contribution in [0.15, 0.2) is 76.8 Å². The number of rotatable bonds is 5. The van der Waals surface area contributed by atoms with E-state index in [0.717, 1.165) is 10.5 Å². The van der Waals surface area contributed by atoms with E-state index in [4.69, 9.17) is 16.3 Å². The average molecular weight is 537 g/mol. The van der Waals surface area contributed by atoms with Crippen molar-refractivity contribution in [1.82, 2.24) is 5.32 Å². The number of halogens is 2. The van der Waals surface area contributed by atoms with Crippen molar-refractivity contribution in [2.75, 3.05) is 4.90 Å². The SMILES string of the molecule is N#Cc1ccccc1COc1ccc(C=C2C(=O)NC(=O)N(c3ccc(Cl)cc3)C2=O)cc1Br. The van der Waals surface area contributed by atoms with E-state index in [9.17, 15) is 19.6 Å². The topological polar surface area (TPSA) is 99.5 Å². The van der Waals surface area contributed by atoms with Crippen LogP contribution in [0, 0.1) is 11.3 Å². The van der Waals surface area contributed by atoms with E-state index in [-0.39, 0.29) is 17.9 Å². The largest absolute Gasteiger partial charge is 0.488 e. The number of urea groups is 1. The maximum Gasteiger partial charge on any atom is 0.335 e. The molecule has 0 bridgehead atoms. The third-order valence-corrected chi connectivity index (χ3v) is 5.85. The normalized spacial score (nSPS) is 14.7. The molecule has 0 saturated carbocycles. The van der Waals surface area contributed by atoms with Crippen molar-refractivity contribution in [1.29, 1.82) is 5.26 Å². The predicted molar refractivity (Wildman–Crippen MR) is 130 cm³/mol. The van der Waals surface area contributed by atoms with E-state index in [0.29, 0.717) is 26.4 Å². The zero-order valence-electron chi connectivity index (χ0n) is 17.4. The van der Waals surface area contributed by atoms with Crippen LogP contribution in [0.2, 0.25) is 5.02 Å². The fraction of sp³-hybridized carbons (Fsp3) is 0.0400. The molecule has 7 nitrogen and oxygen atoms in total. The highest BCUT2D eigenvalue weighted by Gasteiger charge is 2.36. The summed E-state index contributed by atoms with van der Waals surface area (Å²) in [6, 6.07) is 19.6. The van der Waals surface area contributed by atoms with Gasteiger partial charge in [-0.25, -0.2) is 9.69 Å². The molecule has 1 aliphatic rings. The molecule has 1 heterocycles. The summed E-state index contributed by atoms with van der Waals surface area (Å²) >= 11 is 9.32. The first-order valence-electron chi connectivity index (χ1n) is 9.95. The van der Waals surface area contributed by atoms with Crippen LogP contribution in [0.5, 0.6) is 5.75 Å². The van der Waals surface area contributed by atoms with Crippen molar-refractivity contribution in [3.63, 3.8) is 0 Å². The van der Waals surface area contributed by atoms with Gasteiger partial charge in [-0.1, -0.05) is 35.9 Å². The van der Waals surface area contributed by atoms with Gasteiger partial charge in [-0.3, -0.25) is 14.9 Å². The predicted octanol–water partition coefficient (Wildman–Crippen LogP) is 5.22. The number of carbonyl (C=O) groups excluding carboxylic acids is 3. The van der Waals surface area contributed by atoms with Crippen molar-refractivity contribution in [3.05, 3.63) is 98.5 Å². The lowest BCUT2D eigenvalue weighted by molar-refractivity contribution is -0.122. The summed E-state index contributed by atoms with van der Waals surface area (Å²) in [5, 5.41) is 11.8. The summed E-state index contributed by atoms with van der Waals surface area (Å²) in [6.45, 7) is 0.196. The fourth-order valence-electron chi connectivity index (χ4n) is 3.28. The molecule has 0 radical (unpaired) electrons. The van der Waals surface area contributed by atoms with Gasteiger partial charge >= 0.3 is 6.03 Å². The van der Waals surface area contributed by atoms with Gasteiger partial charge < -0.3 is 4.74 Å². The molecule has 3 aromatic rings. The Labute approximate surface area is 208 Å². The minimum absolute atomic E-state index is 0.196. The van der Waals surface area contributed by atoms with Gasteiger partial charge in [-0.15, -0.1) is 0 Å². The summed E-state index contributed by atoms with van der Waals surface area (Å²) in [7, 11) is 0. The van der Waals surface area contributed by atoms with Gasteiger partial charge in [-0.05, 0) is 70.0 Å². The summed E-state index contributed by atoms with van der Waals surface area (Å²) in [5.41, 5.74) is 1.91. The molecule has 0 aromatic heterocycles. The second-order valence-electron chi connectivity index (χ2n) is 7.18. The Hall–Kier alpha value is -3.93. The highest BCUT2D eigenvalue weighted by molar-refractivity contribution is 9.10. The minimum Gasteiger partial charge on any atom is -0.488 e. The molecule has 1 fully saturated rings. The Balaban J connectivity index is 1.56. The lowest BCUT2D eigenvalue weighted by Gasteiger charge is -2.26. The molecule has 1 aliphatic heterocycles. The summed E-state index contributed by atoms with van der Waals surface area (Å²) < 4.78 is 6.41. The van der Waals surface area contributed by atoms with Gasteiger partial charge in [0.25, 0.3) is 11.8 Å². The number of barbiturate groups is 1. The van der Waals surface area contributed by atoms with E-state index in [1.54, 1.807) is 42.5 Å². The first-order chi connectivity index (χ1) is 16.4. The summed E-state index contributed by atoms with van der Waals surface area (Å²) in [5.74, 6) is -1.02. The second-order valence-corrected chi connectivity index (χ2v) is 8.47. The van der Waals surface area contributed by atoms with Gasteiger partial charge in [0, 0.05) is 10.6 Å². The monoisotopic (exact) mass is 535 g/mol. The highest BCUT2D eigenvalue weighted by atomic mass is 79.9. The summed E-state index contributed by atoms with van der Waals surface area (Å²) in [6.07, 6.45) is 1.40. The lowest BCUT2D eigenvalue weighted by atomic mass is 10.1. The number of anilines is 1. The van der Waals surface area contributed by atoms with E-state index < -0.39 is 17.8 Å². The molecular weight excluding hydrogens is 522 g/mol. The van der Waals surface area contributed by atoms with E-state index >= 15 is 0 Å². The van der Waals surface area contributed by atoms with Gasteiger partial charge in [0.15, 0.2) is 0 Å². The minimum atomic E-state index is -0.836. The van der Waals surface area contributed by atoms with Crippen LogP contribution in [-0.4, -0.2) is 17.8 Å². The molecule has 0 atom stereocenters. The number of carbonyl (C=O) groups is 3. The fourth-order valence-corrected chi connectivity index (χ4v) is 3.92. The first kappa shape index (κ1) is 23.2. The van der Waals surface area contributed by atoms with Crippen LogP contribution in [0.4, 0.5) is 10.5 Å². The third kappa shape index (κ3) is 4.86. The number of hydrogen-bond donors (Lipinski definition) is 1. The number of imide groups is 2. The lowest BCUT2D eigenvalue weighted by Crippen LogP contribution is -2.54. The zero-order valence-corrected chi connectivity index (χ0v) is 19.8. The van der Waals surface area contributed by atoms with Crippen LogP contribution >= 0.6 is 27.5 Å². The third-order valence-electron chi connectivity index (χ3n) is 4.97. The van der Waals surface area contributed by atoms with Gasteiger partial charge in [0.05, 0.1) is 21.8 Å². The molecule has 0 spiro atoms. The average Bonchev–Trinajstić information content (AvgIpc) is 2.82. The van der Waals surface area contributed by atoms with Crippen molar-refractivity contribution in [2.45, 2.75) is 6.61 Å². The van der Waals surface area contributed by atoms with Crippen molar-refractivity contribution >= 4 is 57.1 Å². The number of hydrogen-bond acceptors (Lipinski definition) is 5. The van der Waals surface area contributed by atoms with E-state index in [1.165, 1.54) is 18.2 Å². The first-order valence-corrected chi connectivity index (χ1v) is 11.1. The van der Waals surface area contributed by atoms with Crippen molar-refractivity contribution in [3.8, 4) is 11.8 Å². The van der Waals surface area contributed by atoms with Crippen LogP contribution < -0.4 is 15.0 Å². The molecule has 4 rings (SSSR count). The molecule has 168 valence electrons. The summed E-state index contributed by atoms with van der Waals surface area (Å²) in [4.78, 5) is 38.6. The quantitative estimate of drug-likeness (QED) is 0.356. The Bertz CT molecular complexity index is 1380. The maximum absolute atomic E-state index is 13.0. The molecule has 1 saturated heterocycles. The zero-order chi connectivity index (χ0) is 24.2. The number of nitriles is 1.